The van der Waals surface area contributed by atoms with Crippen LogP contribution in [-0.4, -0.2) is 49.2 Å². The number of aliphatic hydroxyl groups excluding tert-OH is 1. The molecule has 2 heterocycles. The van der Waals surface area contributed by atoms with E-state index in [1.54, 1.807) is 0 Å². The summed E-state index contributed by atoms with van der Waals surface area (Å²) in [7, 11) is -3.52. The number of nitrogens with one attached hydrogen (secondary N) is 1. The summed E-state index contributed by atoms with van der Waals surface area (Å²) in [6.07, 6.45) is 7.46. The smallest absolute Gasteiger partial charge is 0.243 e. The van der Waals surface area contributed by atoms with Gasteiger partial charge in [-0.25, -0.2) is 13.1 Å². The molecule has 0 amide bonds. The first-order chi connectivity index (χ1) is 10.1. The van der Waals surface area contributed by atoms with Crippen molar-refractivity contribution in [1.29, 1.82) is 0 Å². The van der Waals surface area contributed by atoms with Gasteiger partial charge in [-0.2, -0.15) is 5.10 Å². The van der Waals surface area contributed by atoms with Crippen molar-refractivity contribution in [2.75, 3.05) is 19.8 Å². The lowest BCUT2D eigenvalue weighted by atomic mass is 10.1. The second kappa shape index (κ2) is 7.88. The Morgan fingerprint density at radius 3 is 3.05 bits per heavy atom. The van der Waals surface area contributed by atoms with Gasteiger partial charge in [-0.1, -0.05) is 0 Å². The van der Waals surface area contributed by atoms with Gasteiger partial charge in [0.1, 0.15) is 4.90 Å². The normalized spacial score (nSPS) is 19.8. The van der Waals surface area contributed by atoms with Gasteiger partial charge in [0, 0.05) is 32.5 Å². The third-order valence-corrected chi connectivity index (χ3v) is 4.91. The molecule has 1 unspecified atom stereocenters. The molecule has 2 rings (SSSR count). The fourth-order valence-corrected chi connectivity index (χ4v) is 3.31. The summed E-state index contributed by atoms with van der Waals surface area (Å²) in [5.41, 5.74) is 0. The SMILES string of the molecule is O=S(=O)(NCCC1CCCCO1)c1cnn(CCCO)c1. The van der Waals surface area contributed by atoms with Crippen LogP contribution in [0.4, 0.5) is 0 Å². The minimum atomic E-state index is -3.52. The first-order valence-corrected chi connectivity index (χ1v) is 8.85. The molecule has 1 aliphatic rings. The minimum absolute atomic E-state index is 0.0571. The van der Waals surface area contributed by atoms with Crippen LogP contribution in [0.3, 0.4) is 0 Å². The third-order valence-electron chi connectivity index (χ3n) is 3.50. The van der Waals surface area contributed by atoms with Crippen LogP contribution in [0.15, 0.2) is 17.3 Å². The maximum absolute atomic E-state index is 12.1. The zero-order valence-electron chi connectivity index (χ0n) is 12.1. The van der Waals surface area contributed by atoms with Crippen molar-refractivity contribution in [2.45, 2.75) is 49.6 Å². The molecule has 0 radical (unpaired) electrons. The van der Waals surface area contributed by atoms with Crippen molar-refractivity contribution in [1.82, 2.24) is 14.5 Å². The van der Waals surface area contributed by atoms with Crippen LogP contribution in [0, 0.1) is 0 Å². The molecular weight excluding hydrogens is 294 g/mol. The summed E-state index contributed by atoms with van der Waals surface area (Å²) < 4.78 is 33.9. The van der Waals surface area contributed by atoms with Gasteiger partial charge in [0.25, 0.3) is 0 Å². The number of sulfonamides is 1. The molecule has 1 aromatic rings. The van der Waals surface area contributed by atoms with Crippen molar-refractivity contribution in [3.63, 3.8) is 0 Å². The first kappa shape index (κ1) is 16.4. The largest absolute Gasteiger partial charge is 0.396 e. The van der Waals surface area contributed by atoms with E-state index >= 15 is 0 Å². The lowest BCUT2D eigenvalue weighted by Crippen LogP contribution is -2.29. The maximum atomic E-state index is 12.1. The molecule has 1 aliphatic heterocycles. The Balaban J connectivity index is 1.81. The Bertz CT molecular complexity index is 523. The quantitative estimate of drug-likeness (QED) is 0.728. The standard InChI is InChI=1S/C13H23N3O4S/c17-8-3-7-16-11-13(10-14-16)21(18,19)15-6-5-12-4-1-2-9-20-12/h10-12,15,17H,1-9H2. The molecule has 1 saturated heterocycles. The number of nitrogens with zero attached hydrogens (tertiary/aromatic N) is 2. The summed E-state index contributed by atoms with van der Waals surface area (Å²) in [6.45, 7) is 1.70. The molecule has 120 valence electrons. The van der Waals surface area contributed by atoms with Gasteiger partial charge in [-0.15, -0.1) is 0 Å². The highest BCUT2D eigenvalue weighted by Gasteiger charge is 2.18. The number of aliphatic hydroxyl groups is 1. The van der Waals surface area contributed by atoms with E-state index in [1.807, 2.05) is 0 Å². The fourth-order valence-electron chi connectivity index (χ4n) is 2.31. The monoisotopic (exact) mass is 317 g/mol. The van der Waals surface area contributed by atoms with Gasteiger partial charge in [0.2, 0.25) is 10.0 Å². The van der Waals surface area contributed by atoms with Gasteiger partial charge >= 0.3 is 0 Å². The number of ether oxygens (including phenoxy) is 1. The van der Waals surface area contributed by atoms with E-state index in [0.717, 1.165) is 25.9 Å². The Morgan fingerprint density at radius 2 is 2.33 bits per heavy atom. The summed E-state index contributed by atoms with van der Waals surface area (Å²) in [5, 5.41) is 12.7. The van der Waals surface area contributed by atoms with Crippen molar-refractivity contribution in [2.24, 2.45) is 0 Å². The second-order valence-electron chi connectivity index (χ2n) is 5.19. The van der Waals surface area contributed by atoms with Crippen LogP contribution in [0.2, 0.25) is 0 Å². The predicted octanol–water partition coefficient (Wildman–Crippen LogP) is 0.503. The average molecular weight is 317 g/mol. The summed E-state index contributed by atoms with van der Waals surface area (Å²) in [5.74, 6) is 0. The molecule has 8 heteroatoms. The number of hydrogen-bond acceptors (Lipinski definition) is 5. The van der Waals surface area contributed by atoms with Crippen molar-refractivity contribution >= 4 is 10.0 Å². The highest BCUT2D eigenvalue weighted by molar-refractivity contribution is 7.89. The van der Waals surface area contributed by atoms with Crippen LogP contribution in [0.25, 0.3) is 0 Å². The lowest BCUT2D eigenvalue weighted by molar-refractivity contribution is 0.0123. The van der Waals surface area contributed by atoms with Crippen LogP contribution < -0.4 is 4.72 Å². The van der Waals surface area contributed by atoms with Crippen molar-refractivity contribution in [3.05, 3.63) is 12.4 Å². The third kappa shape index (κ3) is 5.06. The Labute approximate surface area is 125 Å². The highest BCUT2D eigenvalue weighted by atomic mass is 32.2. The van der Waals surface area contributed by atoms with Crippen molar-refractivity contribution in [3.8, 4) is 0 Å². The molecule has 0 saturated carbocycles. The number of aryl methyl sites for hydroxylation is 1. The minimum Gasteiger partial charge on any atom is -0.396 e. The number of hydrogen-bond donors (Lipinski definition) is 2. The van der Waals surface area contributed by atoms with Crippen LogP contribution >= 0.6 is 0 Å². The maximum Gasteiger partial charge on any atom is 0.243 e. The Hall–Kier alpha value is -0.960. The van der Waals surface area contributed by atoms with E-state index in [1.165, 1.54) is 17.1 Å². The molecule has 7 nitrogen and oxygen atoms in total. The van der Waals surface area contributed by atoms with Gasteiger partial charge in [0.05, 0.1) is 12.3 Å². The van der Waals surface area contributed by atoms with Crippen LogP contribution in [0.1, 0.15) is 32.1 Å². The zero-order chi connectivity index (χ0) is 15.1. The van der Waals surface area contributed by atoms with E-state index < -0.39 is 10.0 Å². The molecule has 0 aromatic carbocycles. The van der Waals surface area contributed by atoms with E-state index in [4.69, 9.17) is 9.84 Å². The molecule has 1 fully saturated rings. The molecule has 21 heavy (non-hydrogen) atoms. The van der Waals surface area contributed by atoms with Gasteiger partial charge in [-0.3, -0.25) is 4.68 Å². The molecule has 0 aliphatic carbocycles. The second-order valence-corrected chi connectivity index (χ2v) is 6.96. The molecule has 1 aromatic heterocycles. The molecule has 2 N–H and O–H groups in total. The number of rotatable bonds is 8. The van der Waals surface area contributed by atoms with Crippen molar-refractivity contribution < 1.29 is 18.3 Å². The van der Waals surface area contributed by atoms with E-state index in [9.17, 15) is 8.42 Å². The summed E-state index contributed by atoms with van der Waals surface area (Å²) in [6, 6.07) is 0. The number of aromatic nitrogens is 2. The highest BCUT2D eigenvalue weighted by Crippen LogP contribution is 2.15. The predicted molar refractivity (Wildman–Crippen MR) is 77.3 cm³/mol. The topological polar surface area (TPSA) is 93.5 Å². The fraction of sp³-hybridized carbons (Fsp3) is 0.769. The molecule has 0 spiro atoms. The van der Waals surface area contributed by atoms with Gasteiger partial charge < -0.3 is 9.84 Å². The van der Waals surface area contributed by atoms with E-state index in [0.29, 0.717) is 25.9 Å². The first-order valence-electron chi connectivity index (χ1n) is 7.36. The van der Waals surface area contributed by atoms with Gasteiger partial charge in [0.15, 0.2) is 0 Å². The Morgan fingerprint density at radius 1 is 1.48 bits per heavy atom. The van der Waals surface area contributed by atoms with E-state index in [2.05, 4.69) is 9.82 Å². The average Bonchev–Trinajstić information content (AvgIpc) is 2.96. The lowest BCUT2D eigenvalue weighted by Gasteiger charge is -2.22. The molecule has 0 bridgehead atoms. The Kier molecular flexibility index (Phi) is 6.16. The van der Waals surface area contributed by atoms with Gasteiger partial charge in [-0.05, 0) is 32.1 Å². The summed E-state index contributed by atoms with van der Waals surface area (Å²) >= 11 is 0. The zero-order valence-corrected chi connectivity index (χ0v) is 12.9. The molecular formula is C13H23N3O4S. The summed E-state index contributed by atoms with van der Waals surface area (Å²) in [4.78, 5) is 0.157. The van der Waals surface area contributed by atoms with Crippen LogP contribution in [0.5, 0.6) is 0 Å². The van der Waals surface area contributed by atoms with E-state index in [-0.39, 0.29) is 17.6 Å². The van der Waals surface area contributed by atoms with Crippen LogP contribution in [-0.2, 0) is 21.3 Å². The molecule has 1 atom stereocenters.